The molecule has 2 amide bonds. The summed E-state index contributed by atoms with van der Waals surface area (Å²) >= 11 is 0. The molecule has 3 aromatic rings. The molecule has 2 saturated heterocycles. The van der Waals surface area contributed by atoms with E-state index in [4.69, 9.17) is 9.47 Å². The van der Waals surface area contributed by atoms with Crippen molar-refractivity contribution in [1.82, 2.24) is 5.32 Å². The molecular formula is C36H40F2N2O7. The normalized spacial score (nSPS) is 19.9. The van der Waals surface area contributed by atoms with Gasteiger partial charge in [-0.1, -0.05) is 50.2 Å². The Morgan fingerprint density at radius 3 is 2.17 bits per heavy atom. The molecule has 9 nitrogen and oxygen atoms in total. The number of anilines is 1. The third-order valence-electron chi connectivity index (χ3n) is 9.00. The van der Waals surface area contributed by atoms with Crippen LogP contribution in [-0.2, 0) is 30.3 Å². The van der Waals surface area contributed by atoms with Crippen LogP contribution in [0.3, 0.4) is 0 Å². The minimum Gasteiger partial charge on any atom is -0.480 e. The zero-order valence-corrected chi connectivity index (χ0v) is 26.4. The van der Waals surface area contributed by atoms with Gasteiger partial charge in [-0.05, 0) is 84.7 Å². The van der Waals surface area contributed by atoms with E-state index in [1.165, 1.54) is 36.4 Å². The van der Waals surface area contributed by atoms with E-state index >= 15 is 0 Å². The van der Waals surface area contributed by atoms with Crippen molar-refractivity contribution >= 4 is 23.5 Å². The van der Waals surface area contributed by atoms with Crippen molar-refractivity contribution in [3.63, 3.8) is 0 Å². The highest BCUT2D eigenvalue weighted by molar-refractivity contribution is 6.03. The van der Waals surface area contributed by atoms with Crippen molar-refractivity contribution in [2.45, 2.75) is 63.3 Å². The van der Waals surface area contributed by atoms with Crippen molar-refractivity contribution in [1.29, 1.82) is 0 Å². The van der Waals surface area contributed by atoms with Crippen LogP contribution in [0.2, 0.25) is 0 Å². The van der Waals surface area contributed by atoms with Gasteiger partial charge in [-0.15, -0.1) is 0 Å². The molecule has 4 atom stereocenters. The summed E-state index contributed by atoms with van der Waals surface area (Å²) in [7, 11) is 0. The zero-order valence-electron chi connectivity index (χ0n) is 26.4. The molecule has 0 aromatic heterocycles. The Bertz CT molecular complexity index is 1540. The molecule has 0 spiro atoms. The fourth-order valence-electron chi connectivity index (χ4n) is 6.12. The van der Waals surface area contributed by atoms with Crippen LogP contribution >= 0.6 is 0 Å². The fourth-order valence-corrected chi connectivity index (χ4v) is 6.12. The van der Waals surface area contributed by atoms with E-state index < -0.39 is 47.2 Å². The molecule has 5 rings (SSSR count). The second-order valence-electron chi connectivity index (χ2n) is 12.7. The van der Waals surface area contributed by atoms with Crippen LogP contribution in [0.4, 0.5) is 14.5 Å². The van der Waals surface area contributed by atoms with E-state index in [9.17, 15) is 33.4 Å². The number of aryl methyl sites for hydroxylation is 1. The number of β-lactam (4-membered cyclic amide) rings is 1. The number of nitrogens with zero attached hydrogens (tertiary/aromatic N) is 1. The number of amides is 2. The predicted octanol–water partition coefficient (Wildman–Crippen LogP) is 5.13. The summed E-state index contributed by atoms with van der Waals surface area (Å²) < 4.78 is 38.4. The molecule has 2 fully saturated rings. The smallest absolute Gasteiger partial charge is 0.326 e. The van der Waals surface area contributed by atoms with Crippen molar-refractivity contribution in [2.75, 3.05) is 24.7 Å². The summed E-state index contributed by atoms with van der Waals surface area (Å²) in [4.78, 5) is 38.9. The predicted molar refractivity (Wildman–Crippen MR) is 169 cm³/mol. The number of carbonyl (C=O) groups excluding carboxylic acids is 2. The van der Waals surface area contributed by atoms with Gasteiger partial charge in [0, 0.05) is 5.69 Å². The van der Waals surface area contributed by atoms with Crippen LogP contribution < -0.4 is 10.2 Å². The van der Waals surface area contributed by atoms with E-state index in [1.807, 2.05) is 24.3 Å². The van der Waals surface area contributed by atoms with Gasteiger partial charge in [0.1, 0.15) is 29.9 Å². The SMILES string of the molecule is CC(C)C(NC(=O)COC1(CCc2ccc([C@@H]3[C@@H](CC[C@H](O)c4ccc(F)cc4)C(=O)N3c3ccc(F)cc3)cc2)COC1)C(=O)O. The lowest BCUT2D eigenvalue weighted by Crippen LogP contribution is -2.55. The highest BCUT2D eigenvalue weighted by Gasteiger charge is 2.48. The number of hydrogen-bond acceptors (Lipinski definition) is 6. The first-order valence-corrected chi connectivity index (χ1v) is 15.8. The minimum atomic E-state index is -1.10. The lowest BCUT2D eigenvalue weighted by atomic mass is 9.78. The topological polar surface area (TPSA) is 125 Å². The van der Waals surface area contributed by atoms with Gasteiger partial charge in [-0.25, -0.2) is 13.6 Å². The first kappa shape index (κ1) is 34.2. The van der Waals surface area contributed by atoms with Crippen molar-refractivity contribution in [3.8, 4) is 0 Å². The first-order valence-electron chi connectivity index (χ1n) is 15.8. The summed E-state index contributed by atoms with van der Waals surface area (Å²) in [6.07, 6.45) is 1.08. The molecule has 47 heavy (non-hydrogen) atoms. The summed E-state index contributed by atoms with van der Waals surface area (Å²) in [5.74, 6) is -3.19. The number of rotatable bonds is 15. The molecule has 0 saturated carbocycles. The summed E-state index contributed by atoms with van der Waals surface area (Å²) in [5.41, 5.74) is 2.42. The van der Waals surface area contributed by atoms with Gasteiger partial charge in [0.25, 0.3) is 0 Å². The number of benzene rings is 3. The minimum absolute atomic E-state index is 0.117. The average molecular weight is 651 g/mol. The fraction of sp³-hybridized carbons (Fsp3) is 0.417. The van der Waals surface area contributed by atoms with Crippen LogP contribution in [0.1, 0.15) is 61.9 Å². The molecule has 2 aliphatic rings. The summed E-state index contributed by atoms with van der Waals surface area (Å²) in [6, 6.07) is 18.0. The Hall–Kier alpha value is -4.19. The molecule has 2 aliphatic heterocycles. The third-order valence-corrected chi connectivity index (χ3v) is 9.00. The van der Waals surface area contributed by atoms with Crippen LogP contribution in [0.15, 0.2) is 72.8 Å². The van der Waals surface area contributed by atoms with Crippen LogP contribution in [0, 0.1) is 23.5 Å². The lowest BCUT2D eigenvalue weighted by molar-refractivity contribution is -0.212. The molecule has 0 bridgehead atoms. The first-order chi connectivity index (χ1) is 22.5. The number of hydrogen-bond donors (Lipinski definition) is 3. The molecule has 2 heterocycles. The van der Waals surface area contributed by atoms with Crippen molar-refractivity contribution < 1.29 is 42.9 Å². The molecule has 250 valence electrons. The Morgan fingerprint density at radius 1 is 1.00 bits per heavy atom. The van der Waals surface area contributed by atoms with Gasteiger partial charge in [-0.3, -0.25) is 9.59 Å². The second kappa shape index (κ2) is 14.7. The van der Waals surface area contributed by atoms with E-state index in [1.54, 1.807) is 30.9 Å². The number of ether oxygens (including phenoxy) is 2. The van der Waals surface area contributed by atoms with E-state index in [0.29, 0.717) is 50.1 Å². The number of aliphatic carboxylic acids is 1. The van der Waals surface area contributed by atoms with Gasteiger partial charge < -0.3 is 29.9 Å². The standard InChI is InChI=1S/C36H40F2N2O7/c1-22(2)32(35(44)45)39-31(42)19-47-36(20-46-21-36)18-17-23-3-5-25(6-4-23)33-29(15-16-30(41)24-7-9-26(37)10-8-24)34(43)40(33)28-13-11-27(38)12-14-28/h3-14,22,29-30,32-33,41H,15-21H2,1-2H3,(H,39,42)(H,44,45)/t29-,30+,32?,33-/m1/s1. The Kier molecular flexibility index (Phi) is 10.7. The monoisotopic (exact) mass is 650 g/mol. The maximum atomic E-state index is 13.7. The van der Waals surface area contributed by atoms with E-state index in [2.05, 4.69) is 5.32 Å². The van der Waals surface area contributed by atoms with E-state index in [0.717, 1.165) is 11.1 Å². The maximum Gasteiger partial charge on any atom is 0.326 e. The maximum absolute atomic E-state index is 13.7. The molecular weight excluding hydrogens is 610 g/mol. The van der Waals surface area contributed by atoms with Gasteiger partial charge in [0.05, 0.1) is 31.3 Å². The average Bonchev–Trinajstić information content (AvgIpc) is 3.03. The number of nitrogens with one attached hydrogen (secondary N) is 1. The highest BCUT2D eigenvalue weighted by atomic mass is 19.1. The highest BCUT2D eigenvalue weighted by Crippen LogP contribution is 2.46. The quantitative estimate of drug-likeness (QED) is 0.195. The number of carbonyl (C=O) groups is 3. The van der Waals surface area contributed by atoms with Crippen LogP contribution in [-0.4, -0.2) is 59.5 Å². The summed E-state index contributed by atoms with van der Waals surface area (Å²) in [6.45, 7) is 3.82. The Balaban J connectivity index is 1.23. The number of carboxylic acid groups (broad SMARTS) is 1. The lowest BCUT2D eigenvalue weighted by Gasteiger charge is -2.48. The molecule has 1 unspecified atom stereocenters. The Labute approximate surface area is 272 Å². The third kappa shape index (κ3) is 8.04. The second-order valence-corrected chi connectivity index (χ2v) is 12.7. The van der Waals surface area contributed by atoms with Gasteiger partial charge in [0.15, 0.2) is 0 Å². The van der Waals surface area contributed by atoms with Crippen LogP contribution in [0.25, 0.3) is 0 Å². The number of aliphatic hydroxyl groups is 1. The van der Waals surface area contributed by atoms with Crippen LogP contribution in [0.5, 0.6) is 0 Å². The number of aliphatic hydroxyl groups excluding tert-OH is 1. The molecule has 11 heteroatoms. The van der Waals surface area contributed by atoms with Gasteiger partial charge >= 0.3 is 5.97 Å². The zero-order chi connectivity index (χ0) is 33.7. The number of carboxylic acids is 1. The van der Waals surface area contributed by atoms with E-state index in [-0.39, 0.29) is 24.5 Å². The Morgan fingerprint density at radius 2 is 1.62 bits per heavy atom. The van der Waals surface area contributed by atoms with Gasteiger partial charge in [0.2, 0.25) is 11.8 Å². The summed E-state index contributed by atoms with van der Waals surface area (Å²) in [5, 5.41) is 22.6. The molecule has 0 radical (unpaired) electrons. The van der Waals surface area contributed by atoms with Gasteiger partial charge in [-0.2, -0.15) is 0 Å². The molecule has 0 aliphatic carbocycles. The molecule has 3 aromatic carbocycles. The van der Waals surface area contributed by atoms with Crippen molar-refractivity contribution in [3.05, 3.63) is 101 Å². The largest absolute Gasteiger partial charge is 0.480 e. The van der Waals surface area contributed by atoms with Crippen molar-refractivity contribution in [2.24, 2.45) is 11.8 Å². The number of halogens is 2. The molecule has 3 N–H and O–H groups in total.